The van der Waals surface area contributed by atoms with Crippen LogP contribution in [0.3, 0.4) is 0 Å². The molecule has 0 bridgehead atoms. The van der Waals surface area contributed by atoms with E-state index in [9.17, 15) is 0 Å². The van der Waals surface area contributed by atoms with E-state index in [0.29, 0.717) is 6.04 Å². The smallest absolute Gasteiger partial charge is 0.0946 e. The first-order chi connectivity index (χ1) is 7.75. The molecular formula is C12H22N4. The summed E-state index contributed by atoms with van der Waals surface area (Å²) in [5.41, 5.74) is 5.93. The molecular weight excluding hydrogens is 200 g/mol. The van der Waals surface area contributed by atoms with Crippen molar-refractivity contribution in [2.45, 2.75) is 32.4 Å². The van der Waals surface area contributed by atoms with Crippen molar-refractivity contribution in [2.75, 3.05) is 19.6 Å². The second kappa shape index (κ2) is 5.46. The van der Waals surface area contributed by atoms with Gasteiger partial charge in [-0.3, -0.25) is 0 Å². The maximum atomic E-state index is 5.93. The number of nitrogens with two attached hydrogens (primary N) is 1. The summed E-state index contributed by atoms with van der Waals surface area (Å²) >= 11 is 0. The van der Waals surface area contributed by atoms with Crippen molar-refractivity contribution in [1.82, 2.24) is 14.5 Å². The van der Waals surface area contributed by atoms with Gasteiger partial charge in [0, 0.05) is 31.5 Å². The van der Waals surface area contributed by atoms with Crippen LogP contribution in [-0.4, -0.2) is 40.1 Å². The largest absolute Gasteiger partial charge is 0.336 e. The van der Waals surface area contributed by atoms with Crippen molar-refractivity contribution in [3.8, 4) is 0 Å². The number of aromatic nitrogens is 2. The molecule has 1 fully saturated rings. The van der Waals surface area contributed by atoms with E-state index in [-0.39, 0.29) is 0 Å². The minimum Gasteiger partial charge on any atom is -0.336 e. The van der Waals surface area contributed by atoms with Crippen molar-refractivity contribution < 1.29 is 0 Å². The fraction of sp³-hybridized carbons (Fsp3) is 0.750. The maximum absolute atomic E-state index is 5.93. The van der Waals surface area contributed by atoms with Gasteiger partial charge in [-0.1, -0.05) is 0 Å². The Morgan fingerprint density at radius 1 is 1.38 bits per heavy atom. The molecule has 1 aliphatic heterocycles. The van der Waals surface area contributed by atoms with Crippen LogP contribution >= 0.6 is 0 Å². The molecule has 0 aliphatic carbocycles. The predicted octanol–water partition coefficient (Wildman–Crippen LogP) is 0.942. The molecule has 0 radical (unpaired) electrons. The summed E-state index contributed by atoms with van der Waals surface area (Å²) in [5, 5.41) is 0. The number of imidazole rings is 1. The van der Waals surface area contributed by atoms with Crippen molar-refractivity contribution >= 4 is 0 Å². The topological polar surface area (TPSA) is 47.1 Å². The average molecular weight is 222 g/mol. The Kier molecular flexibility index (Phi) is 3.96. The molecule has 2 rings (SSSR count). The Balaban J connectivity index is 1.69. The van der Waals surface area contributed by atoms with Crippen molar-refractivity contribution in [3.63, 3.8) is 0 Å². The number of nitrogens with zero attached hydrogens (tertiary/aromatic N) is 3. The predicted molar refractivity (Wildman–Crippen MR) is 65.0 cm³/mol. The summed E-state index contributed by atoms with van der Waals surface area (Å²) in [6, 6.07) is 0.357. The molecule has 1 atom stereocenters. The van der Waals surface area contributed by atoms with Gasteiger partial charge < -0.3 is 15.2 Å². The minimum atomic E-state index is 0.357. The molecule has 1 unspecified atom stereocenters. The zero-order valence-corrected chi connectivity index (χ0v) is 10.0. The summed E-state index contributed by atoms with van der Waals surface area (Å²) in [6.45, 7) is 6.69. The highest BCUT2D eigenvalue weighted by Gasteiger charge is 2.21. The highest BCUT2D eigenvalue weighted by atomic mass is 15.2. The summed E-state index contributed by atoms with van der Waals surface area (Å²) in [5.74, 6) is 0.726. The second-order valence-electron chi connectivity index (χ2n) is 4.84. The molecule has 1 saturated heterocycles. The molecule has 16 heavy (non-hydrogen) atoms. The van der Waals surface area contributed by atoms with Crippen LogP contribution in [0.4, 0.5) is 0 Å². The molecule has 2 heterocycles. The van der Waals surface area contributed by atoms with E-state index in [4.69, 9.17) is 5.73 Å². The molecule has 1 aromatic heterocycles. The van der Waals surface area contributed by atoms with Gasteiger partial charge in [0.05, 0.1) is 6.33 Å². The Morgan fingerprint density at radius 3 is 2.69 bits per heavy atom. The van der Waals surface area contributed by atoms with Crippen LogP contribution in [0.2, 0.25) is 0 Å². The van der Waals surface area contributed by atoms with Crippen LogP contribution in [-0.2, 0) is 6.54 Å². The lowest BCUT2D eigenvalue weighted by Gasteiger charge is -2.33. The maximum Gasteiger partial charge on any atom is 0.0946 e. The quantitative estimate of drug-likeness (QED) is 0.825. The molecule has 0 amide bonds. The SMILES string of the molecule is CC(N)C1CCN(CCn2ccnc2)CC1. The molecule has 4 heteroatoms. The van der Waals surface area contributed by atoms with E-state index in [1.165, 1.54) is 25.9 Å². The lowest BCUT2D eigenvalue weighted by Crippen LogP contribution is -2.40. The number of likely N-dealkylation sites (tertiary alicyclic amines) is 1. The highest BCUT2D eigenvalue weighted by Crippen LogP contribution is 2.19. The van der Waals surface area contributed by atoms with Gasteiger partial charge in [0.25, 0.3) is 0 Å². The number of hydrogen-bond donors (Lipinski definition) is 1. The molecule has 1 aliphatic rings. The Morgan fingerprint density at radius 2 is 2.12 bits per heavy atom. The number of hydrogen-bond acceptors (Lipinski definition) is 3. The molecule has 1 aromatic rings. The lowest BCUT2D eigenvalue weighted by molar-refractivity contribution is 0.167. The minimum absolute atomic E-state index is 0.357. The van der Waals surface area contributed by atoms with Crippen molar-refractivity contribution in [2.24, 2.45) is 11.7 Å². The molecule has 0 saturated carbocycles. The summed E-state index contributed by atoms with van der Waals surface area (Å²) in [4.78, 5) is 6.58. The van der Waals surface area contributed by atoms with Gasteiger partial charge in [-0.05, 0) is 38.8 Å². The fourth-order valence-corrected chi connectivity index (χ4v) is 2.38. The zero-order chi connectivity index (χ0) is 11.4. The second-order valence-corrected chi connectivity index (χ2v) is 4.84. The van der Waals surface area contributed by atoms with E-state index < -0.39 is 0 Å². The van der Waals surface area contributed by atoms with Gasteiger partial charge in [-0.25, -0.2) is 4.98 Å². The molecule has 4 nitrogen and oxygen atoms in total. The van der Waals surface area contributed by atoms with Gasteiger partial charge in [0.15, 0.2) is 0 Å². The third-order valence-electron chi connectivity index (χ3n) is 3.61. The summed E-state index contributed by atoms with van der Waals surface area (Å²) in [7, 11) is 0. The van der Waals surface area contributed by atoms with Crippen LogP contribution in [0.25, 0.3) is 0 Å². The van der Waals surface area contributed by atoms with Crippen molar-refractivity contribution in [1.29, 1.82) is 0 Å². The van der Waals surface area contributed by atoms with E-state index >= 15 is 0 Å². The van der Waals surface area contributed by atoms with E-state index in [1.54, 1.807) is 0 Å². The first kappa shape index (κ1) is 11.6. The van der Waals surface area contributed by atoms with Crippen LogP contribution in [0.1, 0.15) is 19.8 Å². The van der Waals surface area contributed by atoms with E-state index in [0.717, 1.165) is 19.0 Å². The fourth-order valence-electron chi connectivity index (χ4n) is 2.38. The number of piperidine rings is 1. The standard InChI is InChI=1S/C12H22N4/c1-11(13)12-2-5-15(6-3-12)8-9-16-7-4-14-10-16/h4,7,10-12H,2-3,5-6,8-9,13H2,1H3. The third-order valence-corrected chi connectivity index (χ3v) is 3.61. The third kappa shape index (κ3) is 3.06. The summed E-state index contributed by atoms with van der Waals surface area (Å²) in [6.07, 6.45) is 8.24. The monoisotopic (exact) mass is 222 g/mol. The molecule has 90 valence electrons. The lowest BCUT2D eigenvalue weighted by atomic mass is 9.91. The first-order valence-electron chi connectivity index (χ1n) is 6.19. The van der Waals surface area contributed by atoms with Crippen LogP contribution in [0, 0.1) is 5.92 Å². The van der Waals surface area contributed by atoms with Crippen LogP contribution < -0.4 is 5.73 Å². The molecule has 0 aromatic carbocycles. The van der Waals surface area contributed by atoms with Gasteiger partial charge in [-0.15, -0.1) is 0 Å². The van der Waals surface area contributed by atoms with Gasteiger partial charge in [0.1, 0.15) is 0 Å². The van der Waals surface area contributed by atoms with Gasteiger partial charge in [-0.2, -0.15) is 0 Å². The Bertz CT molecular complexity index is 286. The summed E-state index contributed by atoms with van der Waals surface area (Å²) < 4.78 is 2.14. The van der Waals surface area contributed by atoms with Crippen LogP contribution in [0.15, 0.2) is 18.7 Å². The van der Waals surface area contributed by atoms with E-state index in [2.05, 4.69) is 21.4 Å². The van der Waals surface area contributed by atoms with Crippen molar-refractivity contribution in [3.05, 3.63) is 18.7 Å². The zero-order valence-electron chi connectivity index (χ0n) is 10.0. The average Bonchev–Trinajstić information content (AvgIpc) is 2.80. The highest BCUT2D eigenvalue weighted by molar-refractivity contribution is 4.79. The Labute approximate surface area is 97.4 Å². The van der Waals surface area contributed by atoms with Crippen LogP contribution in [0.5, 0.6) is 0 Å². The van der Waals surface area contributed by atoms with E-state index in [1.807, 2.05) is 18.7 Å². The first-order valence-corrected chi connectivity index (χ1v) is 6.19. The number of rotatable bonds is 4. The van der Waals surface area contributed by atoms with Gasteiger partial charge >= 0.3 is 0 Å². The Hall–Kier alpha value is -0.870. The van der Waals surface area contributed by atoms with Gasteiger partial charge in [0.2, 0.25) is 0 Å². The normalized spacial score (nSPS) is 21.1. The molecule has 2 N–H and O–H groups in total. The molecule has 0 spiro atoms.